The van der Waals surface area contributed by atoms with Gasteiger partial charge in [0.1, 0.15) is 0 Å². The van der Waals surface area contributed by atoms with Crippen LogP contribution in [0.25, 0.3) is 15.8 Å². The number of nitrogens with zero attached hydrogens (tertiary/aromatic N) is 3. The number of benzene rings is 2. The van der Waals surface area contributed by atoms with Gasteiger partial charge in [-0.2, -0.15) is 15.0 Å². The maximum Gasteiger partial charge on any atom is 0.257 e. The maximum atomic E-state index is 12.5. The van der Waals surface area contributed by atoms with Gasteiger partial charge in [0.05, 0.1) is 23.6 Å². The van der Waals surface area contributed by atoms with Gasteiger partial charge in [-0.25, -0.2) is 0 Å². The Morgan fingerprint density at radius 2 is 1.74 bits per heavy atom. The second-order valence-electron chi connectivity index (χ2n) is 4.97. The van der Waals surface area contributed by atoms with Crippen molar-refractivity contribution in [3.63, 3.8) is 0 Å². The average Bonchev–Trinajstić information content (AvgIpc) is 3.25. The number of hydrogen-bond donors (Lipinski definition) is 1. The molecule has 0 saturated heterocycles. The quantitative estimate of drug-likeness (QED) is 0.625. The van der Waals surface area contributed by atoms with Crippen LogP contribution >= 0.6 is 11.3 Å². The fraction of sp³-hybridized carbons (Fsp3) is 0. The van der Waals surface area contributed by atoms with Crippen LogP contribution in [0.5, 0.6) is 0 Å². The fourth-order valence-electron chi connectivity index (χ4n) is 2.38. The van der Waals surface area contributed by atoms with Gasteiger partial charge >= 0.3 is 0 Å². The summed E-state index contributed by atoms with van der Waals surface area (Å²) in [4.78, 5) is 14.0. The Morgan fingerprint density at radius 3 is 2.52 bits per heavy atom. The summed E-state index contributed by atoms with van der Waals surface area (Å²) in [5.41, 5.74) is 2.28. The SMILES string of the molecule is O=C(Nc1ccc(-n2nccn2)cc1)c1csc2ccccc12. The maximum absolute atomic E-state index is 12.5. The molecule has 1 amide bonds. The van der Waals surface area contributed by atoms with Gasteiger partial charge in [-0.05, 0) is 30.3 Å². The highest BCUT2D eigenvalue weighted by Crippen LogP contribution is 2.26. The number of nitrogens with one attached hydrogen (secondary N) is 1. The number of aromatic nitrogens is 3. The molecule has 2 aromatic heterocycles. The molecule has 0 atom stereocenters. The molecule has 2 aromatic carbocycles. The lowest BCUT2D eigenvalue weighted by Crippen LogP contribution is -2.11. The second kappa shape index (κ2) is 5.66. The van der Waals surface area contributed by atoms with E-state index in [1.807, 2.05) is 53.9 Å². The molecule has 0 fully saturated rings. The lowest BCUT2D eigenvalue weighted by atomic mass is 10.1. The molecule has 0 unspecified atom stereocenters. The van der Waals surface area contributed by atoms with E-state index in [0.717, 1.165) is 21.5 Å². The van der Waals surface area contributed by atoms with Gasteiger partial charge < -0.3 is 5.32 Å². The molecular formula is C17H12N4OS. The number of anilines is 1. The summed E-state index contributed by atoms with van der Waals surface area (Å²) in [6, 6.07) is 15.3. The standard InChI is InChI=1S/C17H12N4OS/c22-17(15-11-23-16-4-2-1-3-14(15)16)20-12-5-7-13(8-6-12)21-18-9-10-19-21/h1-11H,(H,20,22). The summed E-state index contributed by atoms with van der Waals surface area (Å²) in [7, 11) is 0. The van der Waals surface area contributed by atoms with E-state index in [4.69, 9.17) is 0 Å². The first-order valence-corrected chi connectivity index (χ1v) is 7.93. The van der Waals surface area contributed by atoms with Crippen molar-refractivity contribution < 1.29 is 4.79 Å². The largest absolute Gasteiger partial charge is 0.322 e. The number of fused-ring (bicyclic) bond motifs is 1. The first kappa shape index (κ1) is 13.7. The molecule has 4 rings (SSSR count). The van der Waals surface area contributed by atoms with Gasteiger partial charge in [0.25, 0.3) is 5.91 Å². The molecule has 2 heterocycles. The Bertz CT molecular complexity index is 958. The molecular weight excluding hydrogens is 308 g/mol. The summed E-state index contributed by atoms with van der Waals surface area (Å²) in [5.74, 6) is -0.104. The molecule has 1 N–H and O–H groups in total. The van der Waals surface area contributed by atoms with Crippen LogP contribution in [-0.2, 0) is 0 Å². The van der Waals surface area contributed by atoms with Gasteiger partial charge in [0.15, 0.2) is 0 Å². The van der Waals surface area contributed by atoms with E-state index < -0.39 is 0 Å². The van der Waals surface area contributed by atoms with Crippen LogP contribution in [-0.4, -0.2) is 20.9 Å². The Hall–Kier alpha value is -2.99. The van der Waals surface area contributed by atoms with Crippen LogP contribution in [0.4, 0.5) is 5.69 Å². The zero-order valence-corrected chi connectivity index (χ0v) is 12.8. The number of carbonyl (C=O) groups excluding carboxylic acids is 1. The van der Waals surface area contributed by atoms with Crippen molar-refractivity contribution >= 4 is 33.0 Å². The summed E-state index contributed by atoms with van der Waals surface area (Å²) in [6.07, 6.45) is 3.24. The lowest BCUT2D eigenvalue weighted by molar-refractivity contribution is 0.102. The minimum atomic E-state index is -0.104. The van der Waals surface area contributed by atoms with E-state index >= 15 is 0 Å². The van der Waals surface area contributed by atoms with Crippen molar-refractivity contribution in [2.75, 3.05) is 5.32 Å². The van der Waals surface area contributed by atoms with E-state index in [9.17, 15) is 4.79 Å². The van der Waals surface area contributed by atoms with Gasteiger partial charge in [-0.15, -0.1) is 11.3 Å². The van der Waals surface area contributed by atoms with Crippen LogP contribution in [0, 0.1) is 0 Å². The molecule has 5 nitrogen and oxygen atoms in total. The highest BCUT2D eigenvalue weighted by Gasteiger charge is 2.12. The Balaban J connectivity index is 1.57. The molecule has 23 heavy (non-hydrogen) atoms. The number of rotatable bonds is 3. The van der Waals surface area contributed by atoms with Crippen LogP contribution in [0.1, 0.15) is 10.4 Å². The molecule has 0 radical (unpaired) electrons. The molecule has 0 bridgehead atoms. The van der Waals surface area contributed by atoms with Crippen LogP contribution < -0.4 is 5.32 Å². The van der Waals surface area contributed by atoms with Gasteiger partial charge in [-0.3, -0.25) is 4.79 Å². The van der Waals surface area contributed by atoms with Gasteiger partial charge in [-0.1, -0.05) is 18.2 Å². The molecule has 6 heteroatoms. The summed E-state index contributed by atoms with van der Waals surface area (Å²) in [6.45, 7) is 0. The van der Waals surface area contributed by atoms with Gasteiger partial charge in [0.2, 0.25) is 0 Å². The number of amides is 1. The first-order chi connectivity index (χ1) is 11.3. The van der Waals surface area contributed by atoms with Crippen molar-refractivity contribution in [1.29, 1.82) is 0 Å². The van der Waals surface area contributed by atoms with Crippen LogP contribution in [0.15, 0.2) is 66.3 Å². The topological polar surface area (TPSA) is 59.8 Å². The fourth-order valence-corrected chi connectivity index (χ4v) is 3.32. The monoisotopic (exact) mass is 320 g/mol. The average molecular weight is 320 g/mol. The smallest absolute Gasteiger partial charge is 0.257 e. The third-order valence-corrected chi connectivity index (χ3v) is 4.46. The molecule has 0 aliphatic carbocycles. The molecule has 0 spiro atoms. The van der Waals surface area contributed by atoms with Crippen molar-refractivity contribution in [3.05, 3.63) is 71.9 Å². The molecule has 0 aliphatic rings. The Morgan fingerprint density at radius 1 is 1.00 bits per heavy atom. The number of hydrogen-bond acceptors (Lipinski definition) is 4. The zero-order chi connectivity index (χ0) is 15.6. The lowest BCUT2D eigenvalue weighted by Gasteiger charge is -2.06. The van der Waals surface area contributed by atoms with Crippen molar-refractivity contribution in [1.82, 2.24) is 15.0 Å². The van der Waals surface area contributed by atoms with Crippen molar-refractivity contribution in [3.8, 4) is 5.69 Å². The first-order valence-electron chi connectivity index (χ1n) is 7.05. The highest BCUT2D eigenvalue weighted by molar-refractivity contribution is 7.17. The minimum Gasteiger partial charge on any atom is -0.322 e. The molecule has 0 aliphatic heterocycles. The van der Waals surface area contributed by atoms with Crippen molar-refractivity contribution in [2.45, 2.75) is 0 Å². The summed E-state index contributed by atoms with van der Waals surface area (Å²) in [5, 5.41) is 13.9. The highest BCUT2D eigenvalue weighted by atomic mass is 32.1. The molecule has 112 valence electrons. The zero-order valence-electron chi connectivity index (χ0n) is 12.0. The molecule has 0 saturated carbocycles. The van der Waals surface area contributed by atoms with E-state index in [0.29, 0.717) is 5.56 Å². The van der Waals surface area contributed by atoms with E-state index in [1.165, 1.54) is 4.80 Å². The summed E-state index contributed by atoms with van der Waals surface area (Å²) >= 11 is 1.57. The van der Waals surface area contributed by atoms with E-state index in [-0.39, 0.29) is 5.91 Å². The Labute approximate surface area is 136 Å². The number of thiophene rings is 1. The molecule has 4 aromatic rings. The minimum absolute atomic E-state index is 0.104. The third kappa shape index (κ3) is 2.60. The van der Waals surface area contributed by atoms with Crippen LogP contribution in [0.3, 0.4) is 0 Å². The number of carbonyl (C=O) groups is 1. The van der Waals surface area contributed by atoms with E-state index in [2.05, 4.69) is 15.5 Å². The van der Waals surface area contributed by atoms with Gasteiger partial charge in [0, 0.05) is 21.2 Å². The summed E-state index contributed by atoms with van der Waals surface area (Å²) < 4.78 is 1.11. The second-order valence-corrected chi connectivity index (χ2v) is 5.88. The van der Waals surface area contributed by atoms with E-state index in [1.54, 1.807) is 23.7 Å². The predicted molar refractivity (Wildman–Crippen MR) is 91.1 cm³/mol. The Kier molecular flexibility index (Phi) is 3.36. The predicted octanol–water partition coefficient (Wildman–Crippen LogP) is 3.73. The third-order valence-electron chi connectivity index (χ3n) is 3.50. The van der Waals surface area contributed by atoms with Crippen molar-refractivity contribution in [2.24, 2.45) is 0 Å². The van der Waals surface area contributed by atoms with Crippen LogP contribution in [0.2, 0.25) is 0 Å². The normalized spacial score (nSPS) is 10.8.